The topological polar surface area (TPSA) is 105 Å². The van der Waals surface area contributed by atoms with Gasteiger partial charge in [0.15, 0.2) is 11.5 Å². The summed E-state index contributed by atoms with van der Waals surface area (Å²) in [5, 5.41) is 0. The van der Waals surface area contributed by atoms with Crippen molar-refractivity contribution in [1.82, 2.24) is 4.90 Å². The Morgan fingerprint density at radius 3 is 2.13 bits per heavy atom. The molecule has 1 aliphatic rings. The standard InChI is InChI=1S/C23H22N4O3S/c1-27-21(28)23(25-22(27)24,18-8-4-3-5-9-18)19-10-6-7-17(15-19)16-11-13-20(14-12-16)26-31(2,29)30/h3-15,26H,1-2H3,(H2,24,25). The molecular weight excluding hydrogens is 412 g/mol. The number of nitrogens with one attached hydrogen (secondary N) is 1. The fourth-order valence-corrected chi connectivity index (χ4v) is 4.30. The van der Waals surface area contributed by atoms with E-state index in [2.05, 4.69) is 9.71 Å². The van der Waals surface area contributed by atoms with Crippen molar-refractivity contribution >= 4 is 27.6 Å². The third kappa shape index (κ3) is 3.77. The predicted octanol–water partition coefficient (Wildman–Crippen LogP) is 2.76. The first kappa shape index (κ1) is 20.6. The molecule has 0 aromatic heterocycles. The molecular formula is C23H22N4O3S. The summed E-state index contributed by atoms with van der Waals surface area (Å²) < 4.78 is 25.3. The van der Waals surface area contributed by atoms with Crippen molar-refractivity contribution < 1.29 is 13.2 Å². The predicted molar refractivity (Wildman–Crippen MR) is 122 cm³/mol. The summed E-state index contributed by atoms with van der Waals surface area (Å²) in [6.07, 6.45) is 1.11. The number of amides is 1. The molecule has 3 N–H and O–H groups in total. The molecule has 3 aromatic rings. The largest absolute Gasteiger partial charge is 0.369 e. The summed E-state index contributed by atoms with van der Waals surface area (Å²) >= 11 is 0. The van der Waals surface area contributed by atoms with Gasteiger partial charge in [-0.3, -0.25) is 14.4 Å². The van der Waals surface area contributed by atoms with Crippen molar-refractivity contribution in [2.24, 2.45) is 10.7 Å². The van der Waals surface area contributed by atoms with Gasteiger partial charge in [0.1, 0.15) is 0 Å². The number of aliphatic imine (C=N–C) groups is 1. The number of hydrogen-bond donors (Lipinski definition) is 2. The number of carbonyl (C=O) groups is 1. The van der Waals surface area contributed by atoms with Gasteiger partial charge >= 0.3 is 0 Å². The Morgan fingerprint density at radius 1 is 0.903 bits per heavy atom. The summed E-state index contributed by atoms with van der Waals surface area (Å²) in [5.74, 6) is -0.0588. The van der Waals surface area contributed by atoms with Crippen LogP contribution in [0.3, 0.4) is 0 Å². The lowest BCUT2D eigenvalue weighted by Gasteiger charge is -2.26. The molecule has 1 aliphatic heterocycles. The Kier molecular flexibility index (Phi) is 5.02. The molecule has 31 heavy (non-hydrogen) atoms. The SMILES string of the molecule is CN1C(=O)C(c2ccccc2)(c2cccc(-c3ccc(NS(C)(=O)=O)cc3)c2)N=C1N. The fraction of sp³-hybridized carbons (Fsp3) is 0.130. The van der Waals surface area contributed by atoms with Gasteiger partial charge in [0.05, 0.1) is 6.26 Å². The minimum absolute atomic E-state index is 0.162. The van der Waals surface area contributed by atoms with Crippen molar-refractivity contribution in [3.05, 3.63) is 90.0 Å². The van der Waals surface area contributed by atoms with Crippen LogP contribution in [0.15, 0.2) is 83.9 Å². The molecule has 0 saturated carbocycles. The highest BCUT2D eigenvalue weighted by molar-refractivity contribution is 7.92. The maximum Gasteiger partial charge on any atom is 0.266 e. The van der Waals surface area contributed by atoms with Gasteiger partial charge in [-0.25, -0.2) is 13.4 Å². The number of hydrogen-bond acceptors (Lipinski definition) is 5. The molecule has 0 saturated heterocycles. The average Bonchev–Trinajstić information content (AvgIpc) is 2.99. The molecule has 0 bridgehead atoms. The second kappa shape index (κ2) is 7.55. The van der Waals surface area contributed by atoms with E-state index in [0.29, 0.717) is 11.3 Å². The first-order chi connectivity index (χ1) is 14.7. The Hall–Kier alpha value is -3.65. The van der Waals surface area contributed by atoms with Crippen LogP contribution in [0.2, 0.25) is 0 Å². The van der Waals surface area contributed by atoms with Crippen LogP contribution in [0, 0.1) is 0 Å². The third-order valence-electron chi connectivity index (χ3n) is 5.23. The lowest BCUT2D eigenvalue weighted by atomic mass is 9.82. The zero-order valence-corrected chi connectivity index (χ0v) is 17.9. The molecule has 7 nitrogen and oxygen atoms in total. The van der Waals surface area contributed by atoms with Crippen LogP contribution in [0.4, 0.5) is 5.69 Å². The zero-order valence-electron chi connectivity index (χ0n) is 17.1. The first-order valence-corrected chi connectivity index (χ1v) is 11.5. The third-order valence-corrected chi connectivity index (χ3v) is 5.84. The van der Waals surface area contributed by atoms with E-state index in [9.17, 15) is 13.2 Å². The summed E-state index contributed by atoms with van der Waals surface area (Å²) in [6, 6.07) is 24.0. The Bertz CT molecular complexity index is 1270. The van der Waals surface area contributed by atoms with E-state index in [1.807, 2.05) is 66.7 Å². The van der Waals surface area contributed by atoms with E-state index >= 15 is 0 Å². The van der Waals surface area contributed by atoms with Crippen molar-refractivity contribution in [2.75, 3.05) is 18.0 Å². The molecule has 0 spiro atoms. The van der Waals surface area contributed by atoms with E-state index in [1.165, 1.54) is 4.90 Å². The summed E-state index contributed by atoms with van der Waals surface area (Å²) in [7, 11) is -1.73. The lowest BCUT2D eigenvalue weighted by molar-refractivity contribution is -0.129. The van der Waals surface area contributed by atoms with E-state index < -0.39 is 15.6 Å². The molecule has 3 aromatic carbocycles. The van der Waals surface area contributed by atoms with Gasteiger partial charge in [-0.15, -0.1) is 0 Å². The zero-order chi connectivity index (χ0) is 22.2. The van der Waals surface area contributed by atoms with Gasteiger partial charge in [-0.1, -0.05) is 60.7 Å². The quantitative estimate of drug-likeness (QED) is 0.644. The van der Waals surface area contributed by atoms with Crippen LogP contribution in [-0.2, 0) is 20.4 Å². The minimum atomic E-state index is -3.35. The number of sulfonamides is 1. The van der Waals surface area contributed by atoms with Crippen LogP contribution in [0.5, 0.6) is 0 Å². The summed E-state index contributed by atoms with van der Waals surface area (Å²) in [5.41, 5.74) is 8.44. The highest BCUT2D eigenvalue weighted by atomic mass is 32.2. The number of nitrogens with zero attached hydrogens (tertiary/aromatic N) is 2. The Labute approximate surface area is 181 Å². The second-order valence-corrected chi connectivity index (χ2v) is 9.19. The number of guanidine groups is 1. The number of carbonyl (C=O) groups excluding carboxylic acids is 1. The minimum Gasteiger partial charge on any atom is -0.369 e. The van der Waals surface area contributed by atoms with Crippen molar-refractivity contribution in [3.8, 4) is 11.1 Å². The van der Waals surface area contributed by atoms with E-state index in [1.54, 1.807) is 19.2 Å². The van der Waals surface area contributed by atoms with E-state index in [0.717, 1.165) is 22.9 Å². The van der Waals surface area contributed by atoms with Crippen LogP contribution in [0.25, 0.3) is 11.1 Å². The van der Waals surface area contributed by atoms with Crippen LogP contribution < -0.4 is 10.5 Å². The fourth-order valence-electron chi connectivity index (χ4n) is 3.73. The first-order valence-electron chi connectivity index (χ1n) is 9.58. The summed E-state index contributed by atoms with van der Waals surface area (Å²) in [6.45, 7) is 0. The second-order valence-electron chi connectivity index (χ2n) is 7.44. The number of likely N-dealkylation sites (N-methyl/N-ethyl adjacent to an activating group) is 1. The summed E-state index contributed by atoms with van der Waals surface area (Å²) in [4.78, 5) is 19.3. The molecule has 1 unspecified atom stereocenters. The number of rotatable bonds is 5. The van der Waals surface area contributed by atoms with Gasteiger partial charge in [-0.2, -0.15) is 0 Å². The van der Waals surface area contributed by atoms with Crippen LogP contribution in [0.1, 0.15) is 11.1 Å². The van der Waals surface area contributed by atoms with Crippen molar-refractivity contribution in [1.29, 1.82) is 0 Å². The maximum atomic E-state index is 13.3. The highest BCUT2D eigenvalue weighted by Gasteiger charge is 2.49. The van der Waals surface area contributed by atoms with Gasteiger partial charge in [0.2, 0.25) is 10.0 Å². The van der Waals surface area contributed by atoms with Gasteiger partial charge < -0.3 is 5.73 Å². The van der Waals surface area contributed by atoms with Gasteiger partial charge in [0.25, 0.3) is 5.91 Å². The average molecular weight is 435 g/mol. The van der Waals surface area contributed by atoms with Crippen molar-refractivity contribution in [3.63, 3.8) is 0 Å². The molecule has 0 aliphatic carbocycles. The molecule has 1 atom stereocenters. The Balaban J connectivity index is 1.80. The van der Waals surface area contributed by atoms with Gasteiger partial charge in [-0.05, 0) is 40.5 Å². The number of anilines is 1. The van der Waals surface area contributed by atoms with E-state index in [-0.39, 0.29) is 11.9 Å². The smallest absolute Gasteiger partial charge is 0.266 e. The Morgan fingerprint density at radius 2 is 1.55 bits per heavy atom. The maximum absolute atomic E-state index is 13.3. The molecule has 4 rings (SSSR count). The number of nitrogens with two attached hydrogens (primary N) is 1. The van der Waals surface area contributed by atoms with Crippen LogP contribution in [-0.4, -0.2) is 38.5 Å². The van der Waals surface area contributed by atoms with E-state index in [4.69, 9.17) is 5.73 Å². The molecule has 0 radical (unpaired) electrons. The molecule has 1 amide bonds. The highest BCUT2D eigenvalue weighted by Crippen LogP contribution is 2.40. The molecule has 1 heterocycles. The molecule has 158 valence electrons. The van der Waals surface area contributed by atoms with Gasteiger partial charge in [0, 0.05) is 12.7 Å². The van der Waals surface area contributed by atoms with Crippen molar-refractivity contribution in [2.45, 2.75) is 5.54 Å². The molecule has 8 heteroatoms. The normalized spacial score (nSPS) is 18.7. The lowest BCUT2D eigenvalue weighted by Crippen LogP contribution is -2.41. The van der Waals surface area contributed by atoms with Crippen LogP contribution >= 0.6 is 0 Å². The number of benzene rings is 3. The molecule has 0 fully saturated rings. The monoisotopic (exact) mass is 434 g/mol.